The summed E-state index contributed by atoms with van der Waals surface area (Å²) in [6.45, 7) is 4.17. The molecule has 19 heavy (non-hydrogen) atoms. The normalized spacial score (nSPS) is 22.3. The van der Waals surface area contributed by atoms with Crippen LogP contribution < -0.4 is 4.74 Å². The molecule has 3 heteroatoms. The SMILES string of the molecule is CC1(C)Cc2ccc3cc(C(O)C4CC4)oc3c2O1. The smallest absolute Gasteiger partial charge is 0.176 e. The molecule has 0 spiro atoms. The molecule has 1 aliphatic carbocycles. The number of rotatable bonds is 2. The van der Waals surface area contributed by atoms with E-state index in [0.717, 1.165) is 36.0 Å². The first kappa shape index (κ1) is 11.4. The highest BCUT2D eigenvalue weighted by Crippen LogP contribution is 2.45. The Bertz CT molecular complexity index is 649. The highest BCUT2D eigenvalue weighted by atomic mass is 16.5. The zero-order valence-electron chi connectivity index (χ0n) is 11.3. The van der Waals surface area contributed by atoms with Crippen LogP contribution in [0.4, 0.5) is 0 Å². The maximum absolute atomic E-state index is 10.2. The van der Waals surface area contributed by atoms with Gasteiger partial charge in [0.1, 0.15) is 17.5 Å². The minimum Gasteiger partial charge on any atom is -0.483 e. The molecule has 3 nitrogen and oxygen atoms in total. The molecule has 1 fully saturated rings. The van der Waals surface area contributed by atoms with Crippen LogP contribution in [0.3, 0.4) is 0 Å². The second kappa shape index (κ2) is 3.54. The molecule has 2 aliphatic rings. The van der Waals surface area contributed by atoms with Gasteiger partial charge in [0.2, 0.25) is 0 Å². The molecular weight excluding hydrogens is 240 g/mol. The lowest BCUT2D eigenvalue weighted by Gasteiger charge is -2.16. The Balaban J connectivity index is 1.82. The van der Waals surface area contributed by atoms with E-state index in [1.807, 2.05) is 6.07 Å². The van der Waals surface area contributed by atoms with E-state index in [2.05, 4.69) is 26.0 Å². The molecule has 4 rings (SSSR count). The number of ether oxygens (including phenoxy) is 1. The first-order valence-electron chi connectivity index (χ1n) is 6.96. The van der Waals surface area contributed by atoms with E-state index in [0.29, 0.717) is 11.7 Å². The zero-order valence-corrected chi connectivity index (χ0v) is 11.3. The maximum atomic E-state index is 10.2. The average molecular weight is 258 g/mol. The van der Waals surface area contributed by atoms with Gasteiger partial charge in [0.05, 0.1) is 0 Å². The van der Waals surface area contributed by atoms with Crippen molar-refractivity contribution in [2.45, 2.75) is 44.8 Å². The fourth-order valence-electron chi connectivity index (χ4n) is 2.95. The van der Waals surface area contributed by atoms with E-state index < -0.39 is 6.10 Å². The summed E-state index contributed by atoms with van der Waals surface area (Å²) in [6, 6.07) is 6.12. The van der Waals surface area contributed by atoms with E-state index in [9.17, 15) is 5.11 Å². The van der Waals surface area contributed by atoms with Gasteiger partial charge in [-0.05, 0) is 38.7 Å². The second-order valence-corrected chi connectivity index (χ2v) is 6.44. The van der Waals surface area contributed by atoms with Crippen molar-refractivity contribution >= 4 is 11.0 Å². The third-order valence-electron chi connectivity index (χ3n) is 4.10. The van der Waals surface area contributed by atoms with Crippen LogP contribution in [0.1, 0.15) is 44.1 Å². The maximum Gasteiger partial charge on any atom is 0.176 e. The molecule has 1 saturated carbocycles. The molecule has 0 bridgehead atoms. The molecule has 1 aliphatic heterocycles. The van der Waals surface area contributed by atoms with Gasteiger partial charge in [-0.3, -0.25) is 0 Å². The van der Waals surface area contributed by atoms with E-state index in [4.69, 9.17) is 9.15 Å². The van der Waals surface area contributed by atoms with Gasteiger partial charge in [-0.25, -0.2) is 0 Å². The van der Waals surface area contributed by atoms with Gasteiger partial charge in [-0.1, -0.05) is 12.1 Å². The van der Waals surface area contributed by atoms with Crippen molar-refractivity contribution in [2.24, 2.45) is 5.92 Å². The van der Waals surface area contributed by atoms with Gasteiger partial charge in [0.15, 0.2) is 11.3 Å². The Morgan fingerprint density at radius 1 is 1.32 bits per heavy atom. The summed E-state index contributed by atoms with van der Waals surface area (Å²) in [7, 11) is 0. The van der Waals surface area contributed by atoms with Crippen molar-refractivity contribution in [3.63, 3.8) is 0 Å². The largest absolute Gasteiger partial charge is 0.483 e. The molecular formula is C16H18O3. The summed E-state index contributed by atoms with van der Waals surface area (Å²) < 4.78 is 11.9. The molecule has 2 heterocycles. The number of fused-ring (bicyclic) bond motifs is 3. The molecule has 0 radical (unpaired) electrons. The first-order valence-corrected chi connectivity index (χ1v) is 6.96. The fourth-order valence-corrected chi connectivity index (χ4v) is 2.95. The monoisotopic (exact) mass is 258 g/mol. The molecule has 1 atom stereocenters. The molecule has 1 N–H and O–H groups in total. The summed E-state index contributed by atoms with van der Waals surface area (Å²) in [5.41, 5.74) is 1.82. The minimum atomic E-state index is -0.461. The Morgan fingerprint density at radius 3 is 2.84 bits per heavy atom. The van der Waals surface area contributed by atoms with E-state index in [1.165, 1.54) is 5.56 Å². The van der Waals surface area contributed by atoms with Crippen molar-refractivity contribution < 1.29 is 14.3 Å². The Labute approximate surface area is 112 Å². The fraction of sp³-hybridized carbons (Fsp3) is 0.500. The number of aliphatic hydroxyl groups excluding tert-OH is 1. The van der Waals surface area contributed by atoms with Crippen LogP contribution >= 0.6 is 0 Å². The predicted molar refractivity (Wildman–Crippen MR) is 72.3 cm³/mol. The molecule has 0 saturated heterocycles. The van der Waals surface area contributed by atoms with Crippen LogP contribution in [-0.2, 0) is 6.42 Å². The van der Waals surface area contributed by atoms with Crippen molar-refractivity contribution in [3.05, 3.63) is 29.5 Å². The predicted octanol–water partition coefficient (Wildman–Crippen LogP) is 3.59. The van der Waals surface area contributed by atoms with Gasteiger partial charge in [0.25, 0.3) is 0 Å². The number of furan rings is 1. The standard InChI is InChI=1S/C16H18O3/c1-16(2)8-11-6-5-10-7-12(13(17)9-3-4-9)18-14(10)15(11)19-16/h5-7,9,13,17H,3-4,8H2,1-2H3. The summed E-state index contributed by atoms with van der Waals surface area (Å²) in [6.07, 6.45) is 2.64. The Morgan fingerprint density at radius 2 is 2.11 bits per heavy atom. The second-order valence-electron chi connectivity index (χ2n) is 6.44. The van der Waals surface area contributed by atoms with Crippen LogP contribution in [0.5, 0.6) is 5.75 Å². The molecule has 2 aromatic rings. The third kappa shape index (κ3) is 1.76. The molecule has 1 aromatic heterocycles. The van der Waals surface area contributed by atoms with Gasteiger partial charge < -0.3 is 14.3 Å². The highest BCUT2D eigenvalue weighted by Gasteiger charge is 2.35. The lowest BCUT2D eigenvalue weighted by atomic mass is 10.0. The van der Waals surface area contributed by atoms with Crippen molar-refractivity contribution in [1.29, 1.82) is 0 Å². The number of hydrogen-bond acceptors (Lipinski definition) is 3. The lowest BCUT2D eigenvalue weighted by Crippen LogP contribution is -2.24. The highest BCUT2D eigenvalue weighted by molar-refractivity contribution is 5.86. The van der Waals surface area contributed by atoms with Gasteiger partial charge in [-0.2, -0.15) is 0 Å². The Hall–Kier alpha value is -1.48. The van der Waals surface area contributed by atoms with E-state index in [1.54, 1.807) is 0 Å². The number of aliphatic hydroxyl groups is 1. The molecule has 1 aromatic carbocycles. The summed E-state index contributed by atoms with van der Waals surface area (Å²) >= 11 is 0. The van der Waals surface area contributed by atoms with E-state index >= 15 is 0 Å². The number of hydrogen-bond donors (Lipinski definition) is 1. The quantitative estimate of drug-likeness (QED) is 0.895. The van der Waals surface area contributed by atoms with Crippen LogP contribution in [0.2, 0.25) is 0 Å². The summed E-state index contributed by atoms with van der Waals surface area (Å²) in [4.78, 5) is 0. The molecule has 0 amide bonds. The molecule has 100 valence electrons. The van der Waals surface area contributed by atoms with Crippen molar-refractivity contribution in [2.75, 3.05) is 0 Å². The average Bonchev–Trinajstić information content (AvgIpc) is 3.01. The minimum absolute atomic E-state index is 0.168. The van der Waals surface area contributed by atoms with Crippen molar-refractivity contribution in [3.8, 4) is 5.75 Å². The van der Waals surface area contributed by atoms with Gasteiger partial charge in [0, 0.05) is 17.4 Å². The van der Waals surface area contributed by atoms with Crippen molar-refractivity contribution in [1.82, 2.24) is 0 Å². The van der Waals surface area contributed by atoms with Gasteiger partial charge >= 0.3 is 0 Å². The van der Waals surface area contributed by atoms with Crippen LogP contribution in [-0.4, -0.2) is 10.7 Å². The molecule has 1 unspecified atom stereocenters. The summed E-state index contributed by atoms with van der Waals surface area (Å²) in [5, 5.41) is 11.2. The topological polar surface area (TPSA) is 42.6 Å². The summed E-state index contributed by atoms with van der Waals surface area (Å²) in [5.74, 6) is 1.92. The third-order valence-corrected chi connectivity index (χ3v) is 4.10. The van der Waals surface area contributed by atoms with Crippen LogP contribution in [0.15, 0.2) is 22.6 Å². The Kier molecular flexibility index (Phi) is 2.12. The van der Waals surface area contributed by atoms with Crippen LogP contribution in [0.25, 0.3) is 11.0 Å². The van der Waals surface area contributed by atoms with Crippen LogP contribution in [0, 0.1) is 5.92 Å². The zero-order chi connectivity index (χ0) is 13.2. The van der Waals surface area contributed by atoms with Gasteiger partial charge in [-0.15, -0.1) is 0 Å². The number of benzene rings is 1. The van der Waals surface area contributed by atoms with E-state index in [-0.39, 0.29) is 5.60 Å². The first-order chi connectivity index (χ1) is 9.03. The lowest BCUT2D eigenvalue weighted by molar-refractivity contribution is 0.126.